The number of nitrogens with two attached hydrogens (primary N) is 1. The molecule has 0 radical (unpaired) electrons. The van der Waals surface area contributed by atoms with Crippen molar-refractivity contribution in [2.45, 2.75) is 11.2 Å². The molecule has 3 aliphatic rings. The molecule has 162 valence electrons. The number of aromatic hydroxyl groups is 1. The maximum absolute atomic E-state index is 13.5. The number of hydrogen-bond donors (Lipinski definition) is 3. The molecule has 0 spiro atoms. The molecule has 3 amide bonds. The molecule has 3 aliphatic heterocycles. The predicted octanol–water partition coefficient (Wildman–Crippen LogP) is 1.23. The van der Waals surface area contributed by atoms with Crippen LogP contribution in [0.4, 0.5) is 5.69 Å². The molecule has 3 atom stereocenters. The summed E-state index contributed by atoms with van der Waals surface area (Å²) >= 11 is 0.977. The summed E-state index contributed by atoms with van der Waals surface area (Å²) in [6.07, 6.45) is 0. The Morgan fingerprint density at radius 2 is 1.84 bits per heavy atom. The number of anilines is 1. The van der Waals surface area contributed by atoms with E-state index in [-0.39, 0.29) is 28.0 Å². The van der Waals surface area contributed by atoms with Crippen molar-refractivity contribution in [2.75, 3.05) is 11.9 Å². The molecule has 2 aromatic rings. The Bertz CT molecular complexity index is 1240. The number of carbonyl (C=O) groups is 4. The van der Waals surface area contributed by atoms with Gasteiger partial charge in [-0.05, 0) is 30.3 Å². The highest BCUT2D eigenvalue weighted by Crippen LogP contribution is 2.54. The van der Waals surface area contributed by atoms with Gasteiger partial charge in [-0.2, -0.15) is 0 Å². The first-order valence-electron chi connectivity index (χ1n) is 9.73. The molecule has 1 saturated heterocycles. The topological polar surface area (TPSA) is 139 Å². The molecule has 9 nitrogen and oxygen atoms in total. The Morgan fingerprint density at radius 3 is 2.53 bits per heavy atom. The third-order valence-electron chi connectivity index (χ3n) is 5.85. The van der Waals surface area contributed by atoms with E-state index in [4.69, 9.17) is 10.5 Å². The lowest BCUT2D eigenvalue weighted by molar-refractivity contribution is -0.131. The summed E-state index contributed by atoms with van der Waals surface area (Å²) in [5.41, 5.74) is 7.52. The normalized spacial score (nSPS) is 24.0. The van der Waals surface area contributed by atoms with Gasteiger partial charge >= 0.3 is 5.97 Å². The number of fused-ring (bicyclic) bond motifs is 5. The van der Waals surface area contributed by atoms with Crippen LogP contribution in [-0.2, 0) is 14.4 Å². The fourth-order valence-corrected chi connectivity index (χ4v) is 5.64. The van der Waals surface area contributed by atoms with Crippen molar-refractivity contribution in [2.24, 2.45) is 11.7 Å². The Balaban J connectivity index is 1.58. The van der Waals surface area contributed by atoms with Crippen molar-refractivity contribution >= 4 is 41.1 Å². The van der Waals surface area contributed by atoms with Gasteiger partial charge in [0.1, 0.15) is 16.7 Å². The Kier molecular flexibility index (Phi) is 4.48. The first-order valence-corrected chi connectivity index (χ1v) is 10.6. The summed E-state index contributed by atoms with van der Waals surface area (Å²) in [6, 6.07) is 10.4. The summed E-state index contributed by atoms with van der Waals surface area (Å²) in [4.78, 5) is 52.3. The van der Waals surface area contributed by atoms with Crippen LogP contribution in [0.2, 0.25) is 0 Å². The Morgan fingerprint density at radius 1 is 1.12 bits per heavy atom. The lowest BCUT2D eigenvalue weighted by atomic mass is 9.77. The second-order valence-electron chi connectivity index (χ2n) is 7.57. The number of rotatable bonds is 2. The van der Waals surface area contributed by atoms with Crippen LogP contribution in [0.15, 0.2) is 53.1 Å². The number of hydrogen-bond acceptors (Lipinski definition) is 8. The number of nitrogens with zero attached hydrogens (tertiary/aromatic N) is 1. The Labute approximate surface area is 186 Å². The fraction of sp³-hybridized carbons (Fsp3) is 0.182. The van der Waals surface area contributed by atoms with E-state index in [1.165, 1.54) is 43.4 Å². The largest absolute Gasteiger partial charge is 0.508 e. The van der Waals surface area contributed by atoms with E-state index in [1.807, 2.05) is 0 Å². The zero-order chi connectivity index (χ0) is 22.7. The number of amides is 3. The molecule has 2 aromatic carbocycles. The first kappa shape index (κ1) is 20.1. The van der Waals surface area contributed by atoms with Gasteiger partial charge in [0.15, 0.2) is 0 Å². The van der Waals surface area contributed by atoms with Crippen LogP contribution in [0.1, 0.15) is 21.8 Å². The van der Waals surface area contributed by atoms with Gasteiger partial charge in [0.2, 0.25) is 11.8 Å². The molecule has 5 rings (SSSR count). The second-order valence-corrected chi connectivity index (χ2v) is 8.75. The first-order chi connectivity index (χ1) is 15.3. The summed E-state index contributed by atoms with van der Waals surface area (Å²) in [5, 5.41) is 11.6. The van der Waals surface area contributed by atoms with Gasteiger partial charge in [-0.1, -0.05) is 17.8 Å². The van der Waals surface area contributed by atoms with Gasteiger partial charge in [-0.3, -0.25) is 14.4 Å². The van der Waals surface area contributed by atoms with Gasteiger partial charge in [-0.25, -0.2) is 9.69 Å². The van der Waals surface area contributed by atoms with E-state index in [9.17, 15) is 24.3 Å². The third-order valence-corrected chi connectivity index (χ3v) is 7.08. The number of phenols is 1. The van der Waals surface area contributed by atoms with Crippen molar-refractivity contribution < 1.29 is 29.0 Å². The van der Waals surface area contributed by atoms with E-state index < -0.39 is 34.9 Å². The summed E-state index contributed by atoms with van der Waals surface area (Å²) in [6.45, 7) is 0. The molecule has 3 heterocycles. The molecule has 10 heteroatoms. The number of benzene rings is 2. The molecule has 0 aromatic heterocycles. The van der Waals surface area contributed by atoms with Crippen LogP contribution in [0.5, 0.6) is 11.5 Å². The van der Waals surface area contributed by atoms with Gasteiger partial charge in [-0.15, -0.1) is 0 Å². The summed E-state index contributed by atoms with van der Waals surface area (Å²) in [5.74, 6) is -3.51. The van der Waals surface area contributed by atoms with Gasteiger partial charge in [0, 0.05) is 30.2 Å². The van der Waals surface area contributed by atoms with E-state index >= 15 is 0 Å². The van der Waals surface area contributed by atoms with E-state index in [0.29, 0.717) is 16.8 Å². The molecule has 0 saturated carbocycles. The summed E-state index contributed by atoms with van der Waals surface area (Å²) in [7, 11) is 1.51. The molecule has 0 bridgehead atoms. The molecule has 0 unspecified atom stereocenters. The van der Waals surface area contributed by atoms with Gasteiger partial charge < -0.3 is 20.9 Å². The van der Waals surface area contributed by atoms with Crippen LogP contribution in [-0.4, -0.2) is 41.1 Å². The minimum atomic E-state index is -0.871. The fourth-order valence-electron chi connectivity index (χ4n) is 4.40. The number of carbonyl (C=O) groups excluding carboxylic acids is 4. The molecule has 32 heavy (non-hydrogen) atoms. The minimum Gasteiger partial charge on any atom is -0.508 e. The van der Waals surface area contributed by atoms with Crippen LogP contribution < -0.4 is 20.7 Å². The van der Waals surface area contributed by atoms with Crippen molar-refractivity contribution in [3.05, 3.63) is 64.2 Å². The highest BCUT2D eigenvalue weighted by molar-refractivity contribution is 8.04. The Hall–Kier alpha value is -3.79. The van der Waals surface area contributed by atoms with Crippen LogP contribution in [0.3, 0.4) is 0 Å². The lowest BCUT2D eigenvalue weighted by Gasteiger charge is -2.36. The highest BCUT2D eigenvalue weighted by atomic mass is 32.2. The smallest absolute Gasteiger partial charge is 0.342 e. The van der Waals surface area contributed by atoms with Gasteiger partial charge in [0.25, 0.3) is 5.91 Å². The van der Waals surface area contributed by atoms with Gasteiger partial charge in [0.05, 0.1) is 22.2 Å². The van der Waals surface area contributed by atoms with Crippen molar-refractivity contribution in [3.8, 4) is 11.5 Å². The molecule has 1 fully saturated rings. The molecule has 0 aliphatic carbocycles. The average Bonchev–Trinajstić information content (AvgIpc) is 3.02. The van der Waals surface area contributed by atoms with Crippen molar-refractivity contribution in [1.82, 2.24) is 5.32 Å². The number of esters is 1. The number of ether oxygens (including phenoxy) is 1. The third kappa shape index (κ3) is 2.79. The zero-order valence-corrected chi connectivity index (χ0v) is 17.5. The standard InChI is InChI=1S/C22H17N3O6S/c1-24-19(27)9-2-4-10(5-3-9)25-20(28)15-14-12-7-6-11(26)8-13(12)31-22(30)16(14)18(23)32-17(15)21(25)29/h2-8,14-15,17,26H,23H2,1H3,(H,24,27)/t14-,15+,17-/m1/s1. The minimum absolute atomic E-state index is 0.0923. The number of thioether (sulfide) groups is 1. The van der Waals surface area contributed by atoms with Crippen molar-refractivity contribution in [3.63, 3.8) is 0 Å². The number of phenolic OH excluding ortho intramolecular Hbond substituents is 1. The van der Waals surface area contributed by atoms with E-state index in [1.54, 1.807) is 6.07 Å². The predicted molar refractivity (Wildman–Crippen MR) is 115 cm³/mol. The summed E-state index contributed by atoms with van der Waals surface area (Å²) < 4.78 is 5.32. The van der Waals surface area contributed by atoms with Crippen LogP contribution in [0.25, 0.3) is 0 Å². The monoisotopic (exact) mass is 451 g/mol. The SMILES string of the molecule is CNC(=O)c1ccc(N2C(=O)[C@H]3[C@@H]4C(=C(N)S[C@H]3C2=O)C(=O)Oc2cc(O)ccc24)cc1. The molecular weight excluding hydrogens is 434 g/mol. The highest BCUT2D eigenvalue weighted by Gasteiger charge is 2.58. The average molecular weight is 451 g/mol. The quantitative estimate of drug-likeness (QED) is 0.352. The zero-order valence-electron chi connectivity index (χ0n) is 16.7. The van der Waals surface area contributed by atoms with Crippen LogP contribution >= 0.6 is 11.8 Å². The molecule has 4 N–H and O–H groups in total. The van der Waals surface area contributed by atoms with Crippen molar-refractivity contribution in [1.29, 1.82) is 0 Å². The molecular formula is C22H17N3O6S. The number of nitrogens with one attached hydrogen (secondary N) is 1. The van der Waals surface area contributed by atoms with Crippen LogP contribution in [0, 0.1) is 5.92 Å². The second kappa shape index (κ2) is 7.13. The number of imide groups is 1. The maximum atomic E-state index is 13.5. The maximum Gasteiger partial charge on any atom is 0.342 e. The lowest BCUT2D eigenvalue weighted by Crippen LogP contribution is -2.39. The van der Waals surface area contributed by atoms with E-state index in [2.05, 4.69) is 5.32 Å². The van der Waals surface area contributed by atoms with E-state index in [0.717, 1.165) is 16.7 Å².